The Bertz CT molecular complexity index is 171. The Morgan fingerprint density at radius 3 is 2.40 bits per heavy atom. The molecular weight excluding hydrogens is 186 g/mol. The van der Waals surface area contributed by atoms with Crippen molar-refractivity contribution in [1.82, 2.24) is 5.32 Å². The van der Waals surface area contributed by atoms with Crippen LogP contribution in [0, 0.1) is 5.92 Å². The number of rotatable bonds is 5. The van der Waals surface area contributed by atoms with E-state index in [0.29, 0.717) is 6.04 Å². The van der Waals surface area contributed by atoms with Crippen LogP contribution in [0.15, 0.2) is 0 Å². The summed E-state index contributed by atoms with van der Waals surface area (Å²) in [6.45, 7) is 10.7. The molecule has 2 nitrogen and oxygen atoms in total. The maximum absolute atomic E-state index is 6.01. The fraction of sp³-hybridized carbons (Fsp3) is 1.00. The molecule has 1 fully saturated rings. The van der Waals surface area contributed by atoms with Crippen molar-refractivity contribution in [1.29, 1.82) is 0 Å². The molecule has 2 heteroatoms. The summed E-state index contributed by atoms with van der Waals surface area (Å²) in [4.78, 5) is 0. The van der Waals surface area contributed by atoms with Crippen LogP contribution in [-0.4, -0.2) is 24.8 Å². The Labute approximate surface area is 94.8 Å². The van der Waals surface area contributed by atoms with E-state index in [-0.39, 0.29) is 5.60 Å². The van der Waals surface area contributed by atoms with E-state index >= 15 is 0 Å². The molecule has 1 aliphatic carbocycles. The molecule has 0 spiro atoms. The van der Waals surface area contributed by atoms with Gasteiger partial charge in [0.1, 0.15) is 0 Å². The van der Waals surface area contributed by atoms with Gasteiger partial charge in [0.25, 0.3) is 0 Å². The Morgan fingerprint density at radius 1 is 1.33 bits per heavy atom. The van der Waals surface area contributed by atoms with Gasteiger partial charge in [-0.1, -0.05) is 20.8 Å². The van der Waals surface area contributed by atoms with Gasteiger partial charge in [-0.15, -0.1) is 0 Å². The van der Waals surface area contributed by atoms with Crippen LogP contribution < -0.4 is 5.32 Å². The first kappa shape index (κ1) is 13.0. The zero-order valence-electron chi connectivity index (χ0n) is 10.8. The van der Waals surface area contributed by atoms with Crippen molar-refractivity contribution in [2.45, 2.75) is 65.0 Å². The molecule has 0 saturated heterocycles. The van der Waals surface area contributed by atoms with Gasteiger partial charge in [0, 0.05) is 19.2 Å². The molecule has 0 amide bonds. The van der Waals surface area contributed by atoms with Crippen LogP contribution in [0.5, 0.6) is 0 Å². The van der Waals surface area contributed by atoms with E-state index < -0.39 is 0 Å². The van der Waals surface area contributed by atoms with Crippen molar-refractivity contribution in [2.24, 2.45) is 5.92 Å². The van der Waals surface area contributed by atoms with Gasteiger partial charge in [-0.05, 0) is 38.5 Å². The largest absolute Gasteiger partial charge is 0.374 e. The van der Waals surface area contributed by atoms with E-state index in [0.717, 1.165) is 19.1 Å². The lowest BCUT2D eigenvalue weighted by Gasteiger charge is -2.40. The molecule has 1 rings (SSSR count). The van der Waals surface area contributed by atoms with Crippen LogP contribution in [-0.2, 0) is 4.74 Å². The average molecular weight is 213 g/mol. The Morgan fingerprint density at radius 2 is 1.93 bits per heavy atom. The molecule has 0 aliphatic heterocycles. The highest BCUT2D eigenvalue weighted by Crippen LogP contribution is 2.34. The minimum atomic E-state index is 0.130. The molecule has 0 bridgehead atoms. The summed E-state index contributed by atoms with van der Waals surface area (Å²) in [5, 5.41) is 3.53. The Kier molecular flexibility index (Phi) is 5.07. The van der Waals surface area contributed by atoms with Crippen LogP contribution in [0.1, 0.15) is 53.4 Å². The van der Waals surface area contributed by atoms with E-state index in [2.05, 4.69) is 33.0 Å². The second kappa shape index (κ2) is 5.86. The van der Waals surface area contributed by atoms with Gasteiger partial charge in [0.05, 0.1) is 5.60 Å². The summed E-state index contributed by atoms with van der Waals surface area (Å²) in [6.07, 6.45) is 5.09. The number of ether oxygens (including phenoxy) is 1. The highest BCUT2D eigenvalue weighted by Gasteiger charge is 2.34. The van der Waals surface area contributed by atoms with Crippen molar-refractivity contribution < 1.29 is 4.74 Å². The third-order valence-electron chi connectivity index (χ3n) is 3.47. The van der Waals surface area contributed by atoms with Crippen LogP contribution in [0.25, 0.3) is 0 Å². The topological polar surface area (TPSA) is 21.3 Å². The normalized spacial score (nSPS) is 32.2. The first-order chi connectivity index (χ1) is 7.08. The van der Waals surface area contributed by atoms with E-state index in [1.165, 1.54) is 25.7 Å². The molecule has 0 unspecified atom stereocenters. The maximum Gasteiger partial charge on any atom is 0.0806 e. The molecular formula is C13H27NO. The lowest BCUT2D eigenvalue weighted by atomic mass is 9.79. The fourth-order valence-corrected chi connectivity index (χ4v) is 2.36. The van der Waals surface area contributed by atoms with Crippen molar-refractivity contribution in [3.05, 3.63) is 0 Å². The van der Waals surface area contributed by atoms with E-state index in [1.807, 2.05) is 0 Å². The standard InChI is InChI=1S/C13H27NO/c1-5-15-13(10-14-11(2)3)8-6-12(4)7-9-13/h11-12,14H,5-10H2,1-4H3. The predicted octanol–water partition coefficient (Wildman–Crippen LogP) is 2.97. The third-order valence-corrected chi connectivity index (χ3v) is 3.47. The molecule has 0 aromatic rings. The van der Waals surface area contributed by atoms with Crippen LogP contribution in [0.3, 0.4) is 0 Å². The second-order valence-corrected chi connectivity index (χ2v) is 5.33. The molecule has 0 aromatic carbocycles. The summed E-state index contributed by atoms with van der Waals surface area (Å²) < 4.78 is 6.01. The SMILES string of the molecule is CCOC1(CNC(C)C)CCC(C)CC1. The zero-order valence-corrected chi connectivity index (χ0v) is 10.8. The molecule has 0 aromatic heterocycles. The summed E-state index contributed by atoms with van der Waals surface area (Å²) in [5.74, 6) is 0.887. The predicted molar refractivity (Wildman–Crippen MR) is 65.1 cm³/mol. The fourth-order valence-electron chi connectivity index (χ4n) is 2.36. The number of nitrogens with one attached hydrogen (secondary N) is 1. The second-order valence-electron chi connectivity index (χ2n) is 5.33. The molecule has 0 atom stereocenters. The first-order valence-electron chi connectivity index (χ1n) is 6.45. The van der Waals surface area contributed by atoms with Crippen molar-refractivity contribution in [3.63, 3.8) is 0 Å². The highest BCUT2D eigenvalue weighted by molar-refractivity contribution is 4.88. The van der Waals surface area contributed by atoms with Crippen LogP contribution in [0.4, 0.5) is 0 Å². The van der Waals surface area contributed by atoms with Gasteiger partial charge in [-0.2, -0.15) is 0 Å². The highest BCUT2D eigenvalue weighted by atomic mass is 16.5. The van der Waals surface area contributed by atoms with Crippen LogP contribution in [0.2, 0.25) is 0 Å². The molecule has 0 radical (unpaired) electrons. The number of hydrogen-bond donors (Lipinski definition) is 1. The molecule has 15 heavy (non-hydrogen) atoms. The van der Waals surface area contributed by atoms with E-state index in [9.17, 15) is 0 Å². The first-order valence-corrected chi connectivity index (χ1v) is 6.45. The average Bonchev–Trinajstić information content (AvgIpc) is 2.20. The third kappa shape index (κ3) is 4.12. The minimum absolute atomic E-state index is 0.130. The zero-order chi connectivity index (χ0) is 11.3. The van der Waals surface area contributed by atoms with Crippen molar-refractivity contribution >= 4 is 0 Å². The summed E-state index contributed by atoms with van der Waals surface area (Å²) in [6, 6.07) is 0.557. The van der Waals surface area contributed by atoms with Gasteiger partial charge in [-0.25, -0.2) is 0 Å². The Hall–Kier alpha value is -0.0800. The quantitative estimate of drug-likeness (QED) is 0.758. The van der Waals surface area contributed by atoms with Gasteiger partial charge >= 0.3 is 0 Å². The molecule has 1 aliphatic rings. The lowest BCUT2D eigenvalue weighted by molar-refractivity contribution is -0.0707. The maximum atomic E-state index is 6.01. The lowest BCUT2D eigenvalue weighted by Crippen LogP contribution is -2.47. The summed E-state index contributed by atoms with van der Waals surface area (Å²) in [5.41, 5.74) is 0.130. The van der Waals surface area contributed by atoms with Gasteiger partial charge < -0.3 is 10.1 Å². The smallest absolute Gasteiger partial charge is 0.0806 e. The molecule has 1 saturated carbocycles. The van der Waals surface area contributed by atoms with Gasteiger partial charge in [-0.3, -0.25) is 0 Å². The Balaban J connectivity index is 2.46. The molecule has 1 N–H and O–H groups in total. The van der Waals surface area contributed by atoms with Crippen LogP contribution >= 0.6 is 0 Å². The van der Waals surface area contributed by atoms with Gasteiger partial charge in [0.15, 0.2) is 0 Å². The molecule has 0 heterocycles. The van der Waals surface area contributed by atoms with Crippen molar-refractivity contribution in [2.75, 3.05) is 13.2 Å². The van der Waals surface area contributed by atoms with E-state index in [1.54, 1.807) is 0 Å². The van der Waals surface area contributed by atoms with Gasteiger partial charge in [0.2, 0.25) is 0 Å². The summed E-state index contributed by atoms with van der Waals surface area (Å²) >= 11 is 0. The summed E-state index contributed by atoms with van der Waals surface area (Å²) in [7, 11) is 0. The number of hydrogen-bond acceptors (Lipinski definition) is 2. The minimum Gasteiger partial charge on any atom is -0.374 e. The molecule has 90 valence electrons. The monoisotopic (exact) mass is 213 g/mol. The van der Waals surface area contributed by atoms with E-state index in [4.69, 9.17) is 4.74 Å². The van der Waals surface area contributed by atoms with Crippen molar-refractivity contribution in [3.8, 4) is 0 Å².